The number of fused-ring (bicyclic) bond motifs is 1. The summed E-state index contributed by atoms with van der Waals surface area (Å²) in [5, 5.41) is 2.23. The van der Waals surface area contributed by atoms with Crippen molar-refractivity contribution >= 4 is 16.7 Å². The summed E-state index contributed by atoms with van der Waals surface area (Å²) in [7, 11) is 0. The number of nitrogens with zero attached hydrogens (tertiary/aromatic N) is 1. The van der Waals surface area contributed by atoms with Crippen molar-refractivity contribution in [3.05, 3.63) is 78.6 Å². The van der Waals surface area contributed by atoms with Gasteiger partial charge in [0.05, 0.1) is 0 Å². The van der Waals surface area contributed by atoms with Gasteiger partial charge in [0.15, 0.2) is 0 Å². The SMILES string of the molecule is O=C(N[n+]1ccc2ccccc2c1)c1ccccc1.[Cl-]. The zero-order valence-corrected chi connectivity index (χ0v) is 11.4. The largest absolute Gasteiger partial charge is 1.00 e. The second-order valence-corrected chi connectivity index (χ2v) is 4.29. The van der Waals surface area contributed by atoms with Gasteiger partial charge in [-0.2, -0.15) is 0 Å². The predicted molar refractivity (Wildman–Crippen MR) is 74.3 cm³/mol. The number of hydrogen-bond acceptors (Lipinski definition) is 1. The van der Waals surface area contributed by atoms with E-state index in [0.29, 0.717) is 5.56 Å². The molecule has 3 nitrogen and oxygen atoms in total. The molecule has 0 atom stereocenters. The van der Waals surface area contributed by atoms with Crippen LogP contribution in [0, 0.1) is 0 Å². The van der Waals surface area contributed by atoms with Crippen LogP contribution in [0.25, 0.3) is 10.8 Å². The maximum atomic E-state index is 12.0. The third-order valence-corrected chi connectivity index (χ3v) is 2.96. The molecule has 3 aromatic rings. The van der Waals surface area contributed by atoms with Gasteiger partial charge in [-0.1, -0.05) is 41.1 Å². The van der Waals surface area contributed by atoms with Crippen molar-refractivity contribution in [2.45, 2.75) is 0 Å². The molecule has 1 aromatic heterocycles. The maximum absolute atomic E-state index is 12.0. The van der Waals surface area contributed by atoms with E-state index in [2.05, 4.69) is 5.43 Å². The Hall–Kier alpha value is -2.39. The van der Waals surface area contributed by atoms with E-state index in [1.54, 1.807) is 16.8 Å². The third-order valence-electron chi connectivity index (χ3n) is 2.96. The van der Waals surface area contributed by atoms with E-state index in [0.717, 1.165) is 10.8 Å². The molecule has 1 N–H and O–H groups in total. The smallest absolute Gasteiger partial charge is 0.305 e. The highest BCUT2D eigenvalue weighted by Crippen LogP contribution is 2.09. The summed E-state index contributed by atoms with van der Waals surface area (Å²) in [5.41, 5.74) is 3.47. The zero-order chi connectivity index (χ0) is 13.1. The summed E-state index contributed by atoms with van der Waals surface area (Å²) in [6, 6.07) is 19.2. The second-order valence-electron chi connectivity index (χ2n) is 4.29. The van der Waals surface area contributed by atoms with Crippen molar-refractivity contribution < 1.29 is 21.9 Å². The maximum Gasteiger partial charge on any atom is 0.305 e. The molecule has 0 aliphatic carbocycles. The number of carbonyl (C=O) groups excluding carboxylic acids is 1. The van der Waals surface area contributed by atoms with E-state index in [1.807, 2.05) is 60.9 Å². The normalized spacial score (nSPS) is 9.80. The van der Waals surface area contributed by atoms with Crippen molar-refractivity contribution in [3.8, 4) is 0 Å². The zero-order valence-electron chi connectivity index (χ0n) is 10.7. The van der Waals surface area contributed by atoms with E-state index in [4.69, 9.17) is 0 Å². The summed E-state index contributed by atoms with van der Waals surface area (Å²) in [6.45, 7) is 0. The van der Waals surface area contributed by atoms with E-state index < -0.39 is 0 Å². The van der Waals surface area contributed by atoms with Gasteiger partial charge in [0.1, 0.15) is 0 Å². The molecule has 4 heteroatoms. The standard InChI is InChI=1S/C16H12N2O.ClH/c19-16(14-7-2-1-3-8-14)17-18-11-10-13-6-4-5-9-15(13)12-18;/h1-12H;1H. The molecule has 0 saturated carbocycles. The summed E-state index contributed by atoms with van der Waals surface area (Å²) in [4.78, 5) is 12.0. The minimum absolute atomic E-state index is 0. The van der Waals surface area contributed by atoms with Gasteiger partial charge in [-0.25, -0.2) is 0 Å². The number of pyridine rings is 1. The van der Waals surface area contributed by atoms with Crippen molar-refractivity contribution in [1.82, 2.24) is 0 Å². The molecule has 0 bridgehead atoms. The lowest BCUT2D eigenvalue weighted by atomic mass is 10.2. The number of carbonyl (C=O) groups is 1. The first kappa shape index (κ1) is 14.0. The molecule has 0 aliphatic heterocycles. The molecule has 0 spiro atoms. The van der Waals surface area contributed by atoms with Gasteiger partial charge < -0.3 is 12.4 Å². The lowest BCUT2D eigenvalue weighted by Gasteiger charge is -2.00. The van der Waals surface area contributed by atoms with Crippen molar-refractivity contribution in [2.24, 2.45) is 0 Å². The van der Waals surface area contributed by atoms with E-state index in [1.165, 1.54) is 0 Å². The molecule has 0 aliphatic rings. The lowest BCUT2D eigenvalue weighted by Crippen LogP contribution is -3.00. The van der Waals surface area contributed by atoms with E-state index in [9.17, 15) is 4.79 Å². The molecule has 2 aromatic carbocycles. The molecule has 0 fully saturated rings. The van der Waals surface area contributed by atoms with Crippen LogP contribution in [0.15, 0.2) is 73.1 Å². The molecule has 0 radical (unpaired) electrons. The van der Waals surface area contributed by atoms with Crippen LogP contribution >= 0.6 is 0 Å². The second kappa shape index (κ2) is 6.17. The van der Waals surface area contributed by atoms with Crippen LogP contribution in [0.4, 0.5) is 0 Å². The Bertz CT molecular complexity index is 729. The Morgan fingerprint density at radius 1 is 0.850 bits per heavy atom. The molecular weight excluding hydrogens is 272 g/mol. The van der Waals surface area contributed by atoms with Crippen molar-refractivity contribution in [3.63, 3.8) is 0 Å². The third kappa shape index (κ3) is 2.95. The monoisotopic (exact) mass is 284 g/mol. The van der Waals surface area contributed by atoms with Gasteiger partial charge in [0.2, 0.25) is 12.4 Å². The Balaban J connectivity index is 0.00000147. The fourth-order valence-electron chi connectivity index (χ4n) is 1.97. The molecule has 1 amide bonds. The number of amides is 1. The molecule has 100 valence electrons. The minimum Gasteiger partial charge on any atom is -1.00 e. The van der Waals surface area contributed by atoms with Gasteiger partial charge in [0.25, 0.3) is 0 Å². The molecule has 20 heavy (non-hydrogen) atoms. The highest BCUT2D eigenvalue weighted by Gasteiger charge is 2.10. The van der Waals surface area contributed by atoms with Crippen LogP contribution in [0.3, 0.4) is 0 Å². The van der Waals surface area contributed by atoms with Crippen LogP contribution in [0.1, 0.15) is 10.4 Å². The Morgan fingerprint density at radius 3 is 2.25 bits per heavy atom. The Labute approximate surface area is 123 Å². The van der Waals surface area contributed by atoms with Crippen LogP contribution in [-0.4, -0.2) is 5.91 Å². The fraction of sp³-hybridized carbons (Fsp3) is 0. The highest BCUT2D eigenvalue weighted by molar-refractivity contribution is 5.98. The lowest BCUT2D eigenvalue weighted by molar-refractivity contribution is -0.639. The fourth-order valence-corrected chi connectivity index (χ4v) is 1.97. The topological polar surface area (TPSA) is 33.0 Å². The van der Waals surface area contributed by atoms with E-state index in [-0.39, 0.29) is 18.3 Å². The first-order valence-corrected chi connectivity index (χ1v) is 6.09. The predicted octanol–water partition coefficient (Wildman–Crippen LogP) is -0.485. The van der Waals surface area contributed by atoms with Crippen molar-refractivity contribution in [1.29, 1.82) is 0 Å². The number of nitrogens with one attached hydrogen (secondary N) is 1. The number of aromatic nitrogens is 1. The Morgan fingerprint density at radius 2 is 1.50 bits per heavy atom. The first-order chi connectivity index (χ1) is 9.33. The van der Waals surface area contributed by atoms with Gasteiger partial charge in [0, 0.05) is 17.0 Å². The van der Waals surface area contributed by atoms with Crippen LogP contribution in [0.2, 0.25) is 0 Å². The molecule has 0 unspecified atom stereocenters. The minimum atomic E-state index is -0.124. The number of hydrogen-bond donors (Lipinski definition) is 1. The first-order valence-electron chi connectivity index (χ1n) is 6.09. The highest BCUT2D eigenvalue weighted by atomic mass is 35.5. The van der Waals surface area contributed by atoms with E-state index >= 15 is 0 Å². The van der Waals surface area contributed by atoms with Gasteiger partial charge in [-0.05, 0) is 23.6 Å². The van der Waals surface area contributed by atoms with Crippen LogP contribution < -0.4 is 22.5 Å². The average Bonchev–Trinajstić information content (AvgIpc) is 2.48. The molecule has 3 rings (SSSR count). The number of rotatable bonds is 2. The van der Waals surface area contributed by atoms with Crippen molar-refractivity contribution in [2.75, 3.05) is 5.43 Å². The number of halogens is 1. The number of benzene rings is 2. The average molecular weight is 285 g/mol. The summed E-state index contributed by atoms with van der Waals surface area (Å²) >= 11 is 0. The van der Waals surface area contributed by atoms with Crippen LogP contribution in [0.5, 0.6) is 0 Å². The van der Waals surface area contributed by atoms with Gasteiger partial charge >= 0.3 is 5.91 Å². The summed E-state index contributed by atoms with van der Waals surface area (Å²) in [6.07, 6.45) is 3.74. The Kier molecular flexibility index (Phi) is 4.33. The molecule has 1 heterocycles. The molecular formula is C16H13ClN2O. The van der Waals surface area contributed by atoms with Gasteiger partial charge in [-0.3, -0.25) is 4.79 Å². The quantitative estimate of drug-likeness (QED) is 0.634. The molecule has 0 saturated heterocycles. The van der Waals surface area contributed by atoms with Gasteiger partial charge in [-0.15, -0.1) is 5.43 Å². The summed E-state index contributed by atoms with van der Waals surface area (Å²) in [5.74, 6) is -0.124. The summed E-state index contributed by atoms with van der Waals surface area (Å²) < 4.78 is 1.68. The van der Waals surface area contributed by atoms with Crippen LogP contribution in [-0.2, 0) is 0 Å².